The number of aromatic hydroxyl groups is 2. The highest BCUT2D eigenvalue weighted by molar-refractivity contribution is 9.10. The third kappa shape index (κ3) is 1.70. The van der Waals surface area contributed by atoms with Crippen LogP contribution in [0.25, 0.3) is 0 Å². The molecule has 0 fully saturated rings. The number of hydrogen-bond acceptors (Lipinski definition) is 3. The Labute approximate surface area is 78.4 Å². The molecule has 0 atom stereocenters. The number of rotatable bonds is 2. The van der Waals surface area contributed by atoms with E-state index in [4.69, 9.17) is 5.11 Å². The SMILES string of the molecule is OCCc1ccc(Br)c(O)c1O. The molecule has 0 unspecified atom stereocenters. The third-order valence-electron chi connectivity index (χ3n) is 1.57. The van der Waals surface area contributed by atoms with E-state index in [-0.39, 0.29) is 18.1 Å². The van der Waals surface area contributed by atoms with Crippen molar-refractivity contribution < 1.29 is 15.3 Å². The summed E-state index contributed by atoms with van der Waals surface area (Å²) in [5, 5.41) is 27.2. The minimum Gasteiger partial charge on any atom is -0.504 e. The summed E-state index contributed by atoms with van der Waals surface area (Å²) in [4.78, 5) is 0. The molecular weight excluding hydrogens is 224 g/mol. The molecule has 1 aromatic rings. The first kappa shape index (κ1) is 9.35. The third-order valence-corrected chi connectivity index (χ3v) is 2.21. The van der Waals surface area contributed by atoms with Crippen molar-refractivity contribution >= 4 is 15.9 Å². The van der Waals surface area contributed by atoms with Gasteiger partial charge in [0.2, 0.25) is 0 Å². The van der Waals surface area contributed by atoms with Crippen LogP contribution in [0.4, 0.5) is 0 Å². The number of phenolic OH excluding ortho intramolecular Hbond substituents is 2. The highest BCUT2D eigenvalue weighted by atomic mass is 79.9. The standard InChI is InChI=1S/C8H9BrO3/c9-6-2-1-5(3-4-10)7(11)8(6)12/h1-2,10-12H,3-4H2. The predicted octanol–water partition coefficient (Wildman–Crippen LogP) is 1.40. The van der Waals surface area contributed by atoms with Gasteiger partial charge >= 0.3 is 0 Å². The number of hydrogen-bond donors (Lipinski definition) is 3. The van der Waals surface area contributed by atoms with Crippen LogP contribution in [0.15, 0.2) is 16.6 Å². The Balaban J connectivity index is 3.08. The van der Waals surface area contributed by atoms with E-state index in [9.17, 15) is 10.2 Å². The topological polar surface area (TPSA) is 60.7 Å². The maximum Gasteiger partial charge on any atom is 0.172 e. The van der Waals surface area contributed by atoms with Gasteiger partial charge in [-0.15, -0.1) is 0 Å². The van der Waals surface area contributed by atoms with Gasteiger partial charge < -0.3 is 15.3 Å². The molecule has 4 heteroatoms. The zero-order valence-corrected chi connectivity index (χ0v) is 7.87. The Morgan fingerprint density at radius 1 is 1.17 bits per heavy atom. The lowest BCUT2D eigenvalue weighted by molar-refractivity contribution is 0.296. The first-order valence-corrected chi connectivity index (χ1v) is 4.26. The summed E-state index contributed by atoms with van der Waals surface area (Å²) in [6.07, 6.45) is 0.340. The first-order chi connectivity index (χ1) is 5.66. The summed E-state index contributed by atoms with van der Waals surface area (Å²) in [7, 11) is 0. The van der Waals surface area contributed by atoms with Crippen molar-refractivity contribution in [3.63, 3.8) is 0 Å². The fraction of sp³-hybridized carbons (Fsp3) is 0.250. The van der Waals surface area contributed by atoms with Crippen molar-refractivity contribution in [2.24, 2.45) is 0 Å². The van der Waals surface area contributed by atoms with Gasteiger partial charge in [0.15, 0.2) is 11.5 Å². The van der Waals surface area contributed by atoms with Crippen LogP contribution in [-0.2, 0) is 6.42 Å². The normalized spacial score (nSPS) is 10.2. The van der Waals surface area contributed by atoms with E-state index in [0.717, 1.165) is 0 Å². The smallest absolute Gasteiger partial charge is 0.172 e. The van der Waals surface area contributed by atoms with Gasteiger partial charge in [0.1, 0.15) is 0 Å². The lowest BCUT2D eigenvalue weighted by atomic mass is 10.1. The van der Waals surface area contributed by atoms with Crippen molar-refractivity contribution in [3.05, 3.63) is 22.2 Å². The molecule has 0 amide bonds. The monoisotopic (exact) mass is 232 g/mol. The van der Waals surface area contributed by atoms with Gasteiger partial charge in [0.25, 0.3) is 0 Å². The van der Waals surface area contributed by atoms with Crippen LogP contribution in [0.1, 0.15) is 5.56 Å². The van der Waals surface area contributed by atoms with E-state index in [2.05, 4.69) is 15.9 Å². The predicted molar refractivity (Wildman–Crippen MR) is 48.3 cm³/mol. The van der Waals surface area contributed by atoms with Gasteiger partial charge in [0, 0.05) is 12.2 Å². The van der Waals surface area contributed by atoms with Crippen LogP contribution >= 0.6 is 15.9 Å². The Hall–Kier alpha value is -0.740. The molecule has 3 N–H and O–H groups in total. The minimum atomic E-state index is -0.180. The molecule has 1 aromatic carbocycles. The van der Waals surface area contributed by atoms with Crippen molar-refractivity contribution in [3.8, 4) is 11.5 Å². The van der Waals surface area contributed by atoms with Gasteiger partial charge in [-0.1, -0.05) is 6.07 Å². The van der Waals surface area contributed by atoms with E-state index >= 15 is 0 Å². The number of benzene rings is 1. The zero-order chi connectivity index (χ0) is 9.14. The van der Waals surface area contributed by atoms with E-state index in [1.54, 1.807) is 12.1 Å². The zero-order valence-electron chi connectivity index (χ0n) is 6.29. The molecule has 66 valence electrons. The lowest BCUT2D eigenvalue weighted by Gasteiger charge is -2.05. The molecule has 0 radical (unpaired) electrons. The van der Waals surface area contributed by atoms with E-state index < -0.39 is 0 Å². The largest absolute Gasteiger partial charge is 0.504 e. The van der Waals surface area contributed by atoms with E-state index in [1.807, 2.05) is 0 Å². The Bertz CT molecular complexity index is 286. The van der Waals surface area contributed by atoms with Crippen LogP contribution in [0.5, 0.6) is 11.5 Å². The number of aliphatic hydroxyl groups is 1. The van der Waals surface area contributed by atoms with Crippen molar-refractivity contribution in [1.82, 2.24) is 0 Å². The second kappa shape index (κ2) is 3.78. The van der Waals surface area contributed by atoms with Gasteiger partial charge in [-0.2, -0.15) is 0 Å². The van der Waals surface area contributed by atoms with E-state index in [1.165, 1.54) is 0 Å². The molecule has 12 heavy (non-hydrogen) atoms. The van der Waals surface area contributed by atoms with Gasteiger partial charge in [-0.05, 0) is 28.4 Å². The molecule has 0 heterocycles. The Morgan fingerprint density at radius 3 is 2.42 bits per heavy atom. The first-order valence-electron chi connectivity index (χ1n) is 3.47. The molecule has 0 saturated heterocycles. The fourth-order valence-corrected chi connectivity index (χ4v) is 1.24. The second-order valence-electron chi connectivity index (χ2n) is 2.38. The molecule has 0 saturated carbocycles. The van der Waals surface area contributed by atoms with Crippen LogP contribution in [0.2, 0.25) is 0 Å². The van der Waals surface area contributed by atoms with Crippen LogP contribution in [0.3, 0.4) is 0 Å². The van der Waals surface area contributed by atoms with Gasteiger partial charge in [0.05, 0.1) is 4.47 Å². The Morgan fingerprint density at radius 2 is 1.83 bits per heavy atom. The minimum absolute atomic E-state index is 0.0470. The maximum absolute atomic E-state index is 9.32. The van der Waals surface area contributed by atoms with Crippen molar-refractivity contribution in [2.45, 2.75) is 6.42 Å². The molecule has 1 rings (SSSR count). The van der Waals surface area contributed by atoms with Gasteiger partial charge in [-0.25, -0.2) is 0 Å². The molecule has 0 aromatic heterocycles. The molecule has 3 nitrogen and oxygen atoms in total. The quantitative estimate of drug-likeness (QED) is 0.676. The molecule has 0 aliphatic rings. The average molecular weight is 233 g/mol. The number of halogens is 1. The highest BCUT2D eigenvalue weighted by Crippen LogP contribution is 2.35. The second-order valence-corrected chi connectivity index (χ2v) is 3.23. The maximum atomic E-state index is 9.32. The molecule has 0 spiro atoms. The van der Waals surface area contributed by atoms with Crippen molar-refractivity contribution in [1.29, 1.82) is 0 Å². The summed E-state index contributed by atoms with van der Waals surface area (Å²) in [6, 6.07) is 3.27. The average Bonchev–Trinajstić information content (AvgIpc) is 2.07. The van der Waals surface area contributed by atoms with Crippen LogP contribution < -0.4 is 0 Å². The molecule has 0 aliphatic carbocycles. The molecular formula is C8H9BrO3. The number of aliphatic hydroxyl groups excluding tert-OH is 1. The summed E-state index contributed by atoms with van der Waals surface area (Å²) < 4.78 is 0.446. The molecule has 0 bridgehead atoms. The summed E-state index contributed by atoms with van der Waals surface area (Å²) >= 11 is 3.06. The van der Waals surface area contributed by atoms with E-state index in [0.29, 0.717) is 16.5 Å². The van der Waals surface area contributed by atoms with Crippen molar-refractivity contribution in [2.75, 3.05) is 6.61 Å². The number of phenols is 2. The lowest BCUT2D eigenvalue weighted by Crippen LogP contribution is -1.91. The fourth-order valence-electron chi connectivity index (χ4n) is 0.919. The van der Waals surface area contributed by atoms with Crippen LogP contribution in [0, 0.1) is 0 Å². The Kier molecular flexibility index (Phi) is 2.94. The molecule has 0 aliphatic heterocycles. The summed E-state index contributed by atoms with van der Waals surface area (Å²) in [5.41, 5.74) is 0.540. The summed E-state index contributed by atoms with van der Waals surface area (Å²) in [5.74, 6) is -0.348. The van der Waals surface area contributed by atoms with Crippen LogP contribution in [-0.4, -0.2) is 21.9 Å². The highest BCUT2D eigenvalue weighted by Gasteiger charge is 2.08. The summed E-state index contributed by atoms with van der Waals surface area (Å²) in [6.45, 7) is -0.0470. The van der Waals surface area contributed by atoms with Gasteiger partial charge in [-0.3, -0.25) is 0 Å².